The van der Waals surface area contributed by atoms with Crippen LogP contribution in [0.4, 0.5) is 0 Å². The summed E-state index contributed by atoms with van der Waals surface area (Å²) in [6.45, 7) is 2.61. The van der Waals surface area contributed by atoms with Crippen LogP contribution < -0.4 is 11.1 Å². The van der Waals surface area contributed by atoms with Crippen LogP contribution in [0.3, 0.4) is 0 Å². The lowest BCUT2D eigenvalue weighted by Crippen LogP contribution is -2.56. The molecule has 2 unspecified atom stereocenters. The summed E-state index contributed by atoms with van der Waals surface area (Å²) in [5.74, 6) is 0.180. The van der Waals surface area contributed by atoms with E-state index in [1.165, 1.54) is 24.9 Å². The summed E-state index contributed by atoms with van der Waals surface area (Å²) in [5, 5.41) is 12.7. The van der Waals surface area contributed by atoms with Crippen LogP contribution in [0.25, 0.3) is 0 Å². The topological polar surface area (TPSA) is 88.2 Å². The van der Waals surface area contributed by atoms with E-state index in [4.69, 9.17) is 5.73 Å². The maximum Gasteiger partial charge on any atom is 0.255 e. The first kappa shape index (κ1) is 13.8. The smallest absolute Gasteiger partial charge is 0.255 e. The van der Waals surface area contributed by atoms with Gasteiger partial charge in [0.25, 0.3) is 5.91 Å². The van der Waals surface area contributed by atoms with Gasteiger partial charge in [0.15, 0.2) is 0 Å². The van der Waals surface area contributed by atoms with Crippen molar-refractivity contribution in [2.75, 3.05) is 6.54 Å². The molecule has 1 saturated carbocycles. The van der Waals surface area contributed by atoms with Gasteiger partial charge in [-0.3, -0.25) is 9.78 Å². The second-order valence-corrected chi connectivity index (χ2v) is 5.53. The van der Waals surface area contributed by atoms with Crippen molar-refractivity contribution in [2.24, 2.45) is 11.7 Å². The van der Waals surface area contributed by atoms with Gasteiger partial charge in [-0.2, -0.15) is 0 Å². The summed E-state index contributed by atoms with van der Waals surface area (Å²) in [6.07, 6.45) is 6.80. The number of pyridine rings is 1. The molecule has 0 saturated heterocycles. The molecule has 1 amide bonds. The third-order valence-electron chi connectivity index (χ3n) is 3.91. The van der Waals surface area contributed by atoms with Crippen molar-refractivity contribution in [2.45, 2.75) is 38.1 Å². The van der Waals surface area contributed by atoms with Crippen molar-refractivity contribution in [3.05, 3.63) is 24.0 Å². The second kappa shape index (κ2) is 5.57. The van der Waals surface area contributed by atoms with Gasteiger partial charge >= 0.3 is 0 Å². The standard InChI is InChI=1S/C14H21N3O2/c1-10-3-2-5-14(7-10,9-15)17-13(19)11-4-6-16-8-12(11)18/h4,6,8,10,18H,2-3,5,7,9,15H2,1H3,(H,17,19). The van der Waals surface area contributed by atoms with Crippen molar-refractivity contribution >= 4 is 5.91 Å². The van der Waals surface area contributed by atoms with Crippen LogP contribution in [-0.2, 0) is 0 Å². The van der Waals surface area contributed by atoms with E-state index < -0.39 is 0 Å². The first-order chi connectivity index (χ1) is 9.06. The van der Waals surface area contributed by atoms with E-state index in [0.717, 1.165) is 19.3 Å². The van der Waals surface area contributed by atoms with Gasteiger partial charge in [0, 0.05) is 12.7 Å². The summed E-state index contributed by atoms with van der Waals surface area (Å²) in [7, 11) is 0. The highest BCUT2D eigenvalue weighted by atomic mass is 16.3. The monoisotopic (exact) mass is 263 g/mol. The van der Waals surface area contributed by atoms with E-state index in [9.17, 15) is 9.90 Å². The Bertz CT molecular complexity index is 464. The Morgan fingerprint density at radius 1 is 1.68 bits per heavy atom. The van der Waals surface area contributed by atoms with Gasteiger partial charge in [0.1, 0.15) is 5.75 Å². The van der Waals surface area contributed by atoms with E-state index in [0.29, 0.717) is 12.5 Å². The maximum atomic E-state index is 12.3. The lowest BCUT2D eigenvalue weighted by molar-refractivity contribution is 0.0851. The molecular weight excluding hydrogens is 242 g/mol. The van der Waals surface area contributed by atoms with E-state index >= 15 is 0 Å². The van der Waals surface area contributed by atoms with Gasteiger partial charge < -0.3 is 16.2 Å². The number of nitrogens with one attached hydrogen (secondary N) is 1. The van der Waals surface area contributed by atoms with Crippen molar-refractivity contribution < 1.29 is 9.90 Å². The quantitative estimate of drug-likeness (QED) is 0.769. The predicted octanol–water partition coefficient (Wildman–Crippen LogP) is 1.42. The zero-order valence-electron chi connectivity index (χ0n) is 11.2. The molecular formula is C14H21N3O2. The Morgan fingerprint density at radius 3 is 3.11 bits per heavy atom. The SMILES string of the molecule is CC1CCCC(CN)(NC(=O)c2ccncc2O)C1. The molecule has 104 valence electrons. The fourth-order valence-corrected chi connectivity index (χ4v) is 2.90. The summed E-state index contributed by atoms with van der Waals surface area (Å²) < 4.78 is 0. The average molecular weight is 263 g/mol. The number of aromatic nitrogens is 1. The van der Waals surface area contributed by atoms with E-state index in [-0.39, 0.29) is 22.8 Å². The van der Waals surface area contributed by atoms with Gasteiger partial charge in [-0.25, -0.2) is 0 Å². The average Bonchev–Trinajstić information content (AvgIpc) is 2.39. The Labute approximate surface area is 113 Å². The molecule has 4 N–H and O–H groups in total. The Hall–Kier alpha value is -1.62. The number of carbonyl (C=O) groups is 1. The van der Waals surface area contributed by atoms with Crippen LogP contribution in [0.15, 0.2) is 18.5 Å². The van der Waals surface area contributed by atoms with Crippen molar-refractivity contribution in [1.82, 2.24) is 10.3 Å². The molecule has 2 atom stereocenters. The zero-order valence-corrected chi connectivity index (χ0v) is 11.2. The molecule has 5 heteroatoms. The highest BCUT2D eigenvalue weighted by molar-refractivity contribution is 5.97. The molecule has 2 rings (SSSR count). The Kier molecular flexibility index (Phi) is 4.04. The number of nitrogens with two attached hydrogens (primary N) is 1. The van der Waals surface area contributed by atoms with Crippen molar-refractivity contribution in [1.29, 1.82) is 0 Å². The zero-order chi connectivity index (χ0) is 13.9. The molecule has 1 aliphatic rings. The van der Waals surface area contributed by atoms with Crippen LogP contribution in [-0.4, -0.2) is 28.1 Å². The largest absolute Gasteiger partial charge is 0.505 e. The minimum atomic E-state index is -0.343. The normalized spacial score (nSPS) is 26.9. The van der Waals surface area contributed by atoms with Crippen molar-refractivity contribution in [3.8, 4) is 5.75 Å². The molecule has 1 aromatic heterocycles. The molecule has 0 aliphatic heterocycles. The minimum absolute atomic E-state index is 0.101. The fourth-order valence-electron chi connectivity index (χ4n) is 2.90. The van der Waals surface area contributed by atoms with Crippen LogP contribution in [0.5, 0.6) is 5.75 Å². The number of hydrogen-bond acceptors (Lipinski definition) is 4. The summed E-state index contributed by atoms with van der Waals surface area (Å²) in [5.41, 5.74) is 5.78. The molecule has 1 aliphatic carbocycles. The number of amides is 1. The third kappa shape index (κ3) is 3.04. The molecule has 1 heterocycles. The third-order valence-corrected chi connectivity index (χ3v) is 3.91. The fraction of sp³-hybridized carbons (Fsp3) is 0.571. The van der Waals surface area contributed by atoms with Gasteiger partial charge in [-0.1, -0.05) is 19.8 Å². The first-order valence-corrected chi connectivity index (χ1v) is 6.72. The molecule has 1 fully saturated rings. The van der Waals surface area contributed by atoms with Crippen LogP contribution >= 0.6 is 0 Å². The van der Waals surface area contributed by atoms with Gasteiger partial charge in [0.2, 0.25) is 0 Å². The van der Waals surface area contributed by atoms with E-state index in [2.05, 4.69) is 17.2 Å². The first-order valence-electron chi connectivity index (χ1n) is 6.72. The highest BCUT2D eigenvalue weighted by Crippen LogP contribution is 2.32. The lowest BCUT2D eigenvalue weighted by atomic mass is 9.76. The molecule has 0 aromatic carbocycles. The minimum Gasteiger partial charge on any atom is -0.505 e. The Morgan fingerprint density at radius 2 is 2.47 bits per heavy atom. The summed E-state index contributed by atoms with van der Waals surface area (Å²) in [4.78, 5) is 16.0. The van der Waals surface area contributed by atoms with Gasteiger partial charge in [-0.15, -0.1) is 0 Å². The lowest BCUT2D eigenvalue weighted by Gasteiger charge is -2.40. The second-order valence-electron chi connectivity index (χ2n) is 5.53. The number of carbonyl (C=O) groups excluding carboxylic acids is 1. The number of aromatic hydroxyl groups is 1. The molecule has 0 spiro atoms. The van der Waals surface area contributed by atoms with Crippen LogP contribution in [0, 0.1) is 5.92 Å². The molecule has 0 radical (unpaired) electrons. The van der Waals surface area contributed by atoms with E-state index in [1.54, 1.807) is 0 Å². The number of rotatable bonds is 3. The Balaban J connectivity index is 2.14. The molecule has 1 aromatic rings. The molecule has 19 heavy (non-hydrogen) atoms. The predicted molar refractivity (Wildman–Crippen MR) is 72.8 cm³/mol. The van der Waals surface area contributed by atoms with Crippen molar-refractivity contribution in [3.63, 3.8) is 0 Å². The van der Waals surface area contributed by atoms with E-state index in [1.807, 2.05) is 0 Å². The molecule has 5 nitrogen and oxygen atoms in total. The van der Waals surface area contributed by atoms with Gasteiger partial charge in [-0.05, 0) is 24.8 Å². The number of nitrogens with zero attached hydrogens (tertiary/aromatic N) is 1. The van der Waals surface area contributed by atoms with Gasteiger partial charge in [0.05, 0.1) is 17.3 Å². The molecule has 0 bridgehead atoms. The van der Waals surface area contributed by atoms with Crippen LogP contribution in [0.1, 0.15) is 43.0 Å². The summed E-state index contributed by atoms with van der Waals surface area (Å²) in [6, 6.07) is 1.52. The highest BCUT2D eigenvalue weighted by Gasteiger charge is 2.35. The van der Waals surface area contributed by atoms with Crippen LogP contribution in [0.2, 0.25) is 0 Å². The maximum absolute atomic E-state index is 12.3. The number of hydrogen-bond donors (Lipinski definition) is 3. The summed E-state index contributed by atoms with van der Waals surface area (Å²) >= 11 is 0.